The average Bonchev–Trinajstić information content (AvgIpc) is 2.90. The predicted molar refractivity (Wildman–Crippen MR) is 140 cm³/mol. The third kappa shape index (κ3) is 9.16. The molecule has 2 aromatic rings. The van der Waals surface area contributed by atoms with E-state index in [4.69, 9.17) is 5.73 Å². The number of aromatic hydroxyl groups is 1. The first-order valence-electron chi connectivity index (χ1n) is 12.4. The van der Waals surface area contributed by atoms with Gasteiger partial charge in [0.25, 0.3) is 0 Å². The van der Waals surface area contributed by atoms with Crippen molar-refractivity contribution in [2.45, 2.75) is 57.3 Å². The largest absolute Gasteiger partial charge is 0.508 e. The van der Waals surface area contributed by atoms with Crippen LogP contribution in [-0.2, 0) is 32.0 Å². The van der Waals surface area contributed by atoms with Gasteiger partial charge < -0.3 is 37.0 Å². The van der Waals surface area contributed by atoms with Crippen molar-refractivity contribution in [1.82, 2.24) is 16.0 Å². The Bertz CT molecular complexity index is 1080. The average molecular weight is 529 g/mol. The van der Waals surface area contributed by atoms with Crippen molar-refractivity contribution in [3.63, 3.8) is 0 Å². The van der Waals surface area contributed by atoms with Gasteiger partial charge in [-0.25, -0.2) is 4.79 Å². The van der Waals surface area contributed by atoms with Gasteiger partial charge in [0, 0.05) is 6.42 Å². The van der Waals surface area contributed by atoms with Crippen molar-refractivity contribution in [3.8, 4) is 5.75 Å². The molecule has 0 heterocycles. The van der Waals surface area contributed by atoms with Crippen LogP contribution in [0.5, 0.6) is 5.75 Å². The maximum atomic E-state index is 13.2. The van der Waals surface area contributed by atoms with Gasteiger partial charge in [-0.05, 0) is 35.6 Å². The van der Waals surface area contributed by atoms with Gasteiger partial charge >= 0.3 is 5.97 Å². The number of hydrogen-bond donors (Lipinski definition) is 7. The Morgan fingerprint density at radius 1 is 0.816 bits per heavy atom. The fraction of sp³-hybridized carbons (Fsp3) is 0.407. The Morgan fingerprint density at radius 3 is 1.92 bits per heavy atom. The lowest BCUT2D eigenvalue weighted by Crippen LogP contribution is -2.59. The molecule has 206 valence electrons. The van der Waals surface area contributed by atoms with Crippen LogP contribution in [0.4, 0.5) is 0 Å². The second kappa shape index (κ2) is 14.7. The van der Waals surface area contributed by atoms with Crippen LogP contribution in [0, 0.1) is 5.92 Å². The summed E-state index contributed by atoms with van der Waals surface area (Å²) in [4.78, 5) is 50.3. The summed E-state index contributed by atoms with van der Waals surface area (Å²) in [6.45, 7) is 2.66. The van der Waals surface area contributed by atoms with Crippen LogP contribution in [0.15, 0.2) is 54.6 Å². The van der Waals surface area contributed by atoms with Crippen molar-refractivity contribution < 1.29 is 34.5 Å². The molecule has 0 bridgehead atoms. The smallest absolute Gasteiger partial charge is 0.326 e. The normalized spacial score (nSPS) is 14.8. The highest BCUT2D eigenvalue weighted by molar-refractivity contribution is 5.94. The fourth-order valence-electron chi connectivity index (χ4n) is 3.72. The quantitative estimate of drug-likeness (QED) is 0.179. The molecule has 3 amide bonds. The number of carboxylic acid groups (broad SMARTS) is 1. The molecule has 0 saturated carbocycles. The summed E-state index contributed by atoms with van der Waals surface area (Å²) in [5.41, 5.74) is 7.50. The first-order chi connectivity index (χ1) is 18.0. The molecule has 2 aromatic carbocycles. The van der Waals surface area contributed by atoms with E-state index in [1.54, 1.807) is 56.3 Å². The van der Waals surface area contributed by atoms with Crippen LogP contribution < -0.4 is 21.7 Å². The number of aliphatic carboxylic acids is 1. The molecule has 0 fully saturated rings. The minimum absolute atomic E-state index is 0.0765. The number of rotatable bonds is 14. The summed E-state index contributed by atoms with van der Waals surface area (Å²) in [6, 6.07) is 10.3. The molecule has 0 saturated heterocycles. The summed E-state index contributed by atoms with van der Waals surface area (Å²) in [5.74, 6) is -3.75. The van der Waals surface area contributed by atoms with E-state index < -0.39 is 54.5 Å². The van der Waals surface area contributed by atoms with Crippen molar-refractivity contribution in [2.75, 3.05) is 6.61 Å². The zero-order valence-corrected chi connectivity index (χ0v) is 21.5. The van der Waals surface area contributed by atoms with Crippen LogP contribution in [-0.4, -0.2) is 69.8 Å². The fourth-order valence-corrected chi connectivity index (χ4v) is 3.72. The van der Waals surface area contributed by atoms with E-state index in [0.29, 0.717) is 12.0 Å². The van der Waals surface area contributed by atoms with Gasteiger partial charge in [-0.1, -0.05) is 62.7 Å². The molecule has 0 radical (unpaired) electrons. The van der Waals surface area contributed by atoms with Gasteiger partial charge in [0.05, 0.1) is 12.6 Å². The number of carboxylic acids is 1. The van der Waals surface area contributed by atoms with Crippen LogP contribution in [0.2, 0.25) is 0 Å². The maximum absolute atomic E-state index is 13.2. The number of carbonyl (C=O) groups excluding carboxylic acids is 3. The number of aliphatic hydroxyl groups is 1. The van der Waals surface area contributed by atoms with Crippen molar-refractivity contribution in [2.24, 2.45) is 11.7 Å². The van der Waals surface area contributed by atoms with E-state index in [0.717, 1.165) is 5.56 Å². The lowest BCUT2D eigenvalue weighted by atomic mass is 9.99. The lowest BCUT2D eigenvalue weighted by Gasteiger charge is -2.26. The molecule has 0 aliphatic carbocycles. The minimum atomic E-state index is -1.44. The van der Waals surface area contributed by atoms with Crippen LogP contribution in [0.3, 0.4) is 0 Å². The predicted octanol–water partition coefficient (Wildman–Crippen LogP) is 0.0821. The number of aliphatic hydroxyl groups excluding tert-OH is 1. The molecule has 5 atom stereocenters. The number of nitrogens with one attached hydrogen (secondary N) is 3. The zero-order chi connectivity index (χ0) is 28.2. The van der Waals surface area contributed by atoms with Gasteiger partial charge in [-0.2, -0.15) is 0 Å². The van der Waals surface area contributed by atoms with E-state index in [1.165, 1.54) is 12.1 Å². The number of carbonyl (C=O) groups is 4. The lowest BCUT2D eigenvalue weighted by molar-refractivity contribution is -0.144. The molecule has 2 rings (SSSR count). The van der Waals surface area contributed by atoms with E-state index in [1.807, 2.05) is 0 Å². The summed E-state index contributed by atoms with van der Waals surface area (Å²) in [7, 11) is 0. The Morgan fingerprint density at radius 2 is 1.37 bits per heavy atom. The molecule has 5 unspecified atom stereocenters. The Labute approximate surface area is 221 Å². The van der Waals surface area contributed by atoms with Crippen molar-refractivity contribution in [1.29, 1.82) is 0 Å². The Hall–Kier alpha value is -3.96. The monoisotopic (exact) mass is 528 g/mol. The second-order valence-corrected chi connectivity index (χ2v) is 9.18. The highest BCUT2D eigenvalue weighted by atomic mass is 16.4. The van der Waals surface area contributed by atoms with E-state index in [-0.39, 0.29) is 24.5 Å². The third-order valence-corrected chi connectivity index (χ3v) is 6.24. The first kappa shape index (κ1) is 30.3. The molecule has 11 nitrogen and oxygen atoms in total. The maximum Gasteiger partial charge on any atom is 0.326 e. The molecular weight excluding hydrogens is 492 g/mol. The van der Waals surface area contributed by atoms with E-state index >= 15 is 0 Å². The highest BCUT2D eigenvalue weighted by Crippen LogP contribution is 2.12. The first-order valence-corrected chi connectivity index (χ1v) is 12.4. The number of nitrogens with two attached hydrogens (primary N) is 1. The number of hydrogen-bond acceptors (Lipinski definition) is 7. The minimum Gasteiger partial charge on any atom is -0.508 e. The molecular formula is C27H36N4O7. The highest BCUT2D eigenvalue weighted by Gasteiger charge is 2.31. The van der Waals surface area contributed by atoms with Crippen LogP contribution in [0.1, 0.15) is 31.4 Å². The third-order valence-electron chi connectivity index (χ3n) is 6.24. The number of phenolic OH excluding ortho intramolecular Hbond substituents is 1. The molecule has 0 aliphatic rings. The van der Waals surface area contributed by atoms with Gasteiger partial charge in [0.15, 0.2) is 0 Å². The van der Waals surface area contributed by atoms with E-state index in [2.05, 4.69) is 16.0 Å². The summed E-state index contributed by atoms with van der Waals surface area (Å²) < 4.78 is 0. The second-order valence-electron chi connectivity index (χ2n) is 9.18. The van der Waals surface area contributed by atoms with E-state index in [9.17, 15) is 34.5 Å². The summed E-state index contributed by atoms with van der Waals surface area (Å²) >= 11 is 0. The standard InChI is InChI=1S/C27H36N4O7/c1-3-16(2)23(27(37)38)31-26(36)22(15-32)30-25(35)21(14-17-7-5-4-6-8-17)29-24(34)20(28)13-18-9-11-19(33)12-10-18/h4-12,16,20-23,32-33H,3,13-15,28H2,1-2H3,(H,29,34)(H,30,35)(H,31,36)(H,37,38). The molecule has 8 N–H and O–H groups in total. The van der Waals surface area contributed by atoms with Crippen LogP contribution >= 0.6 is 0 Å². The number of phenols is 1. The number of amides is 3. The molecule has 0 spiro atoms. The Kier molecular flexibility index (Phi) is 11.7. The Balaban J connectivity index is 2.15. The van der Waals surface area contributed by atoms with Gasteiger partial charge in [0.2, 0.25) is 17.7 Å². The molecule has 0 aromatic heterocycles. The number of benzene rings is 2. The van der Waals surface area contributed by atoms with Gasteiger partial charge in [0.1, 0.15) is 23.9 Å². The topological polar surface area (TPSA) is 191 Å². The SMILES string of the molecule is CCC(C)C(NC(=O)C(CO)NC(=O)C(Cc1ccccc1)NC(=O)C(N)Cc1ccc(O)cc1)C(=O)O. The van der Waals surface area contributed by atoms with Crippen molar-refractivity contribution >= 4 is 23.7 Å². The van der Waals surface area contributed by atoms with Gasteiger partial charge in [-0.15, -0.1) is 0 Å². The summed E-state index contributed by atoms with van der Waals surface area (Å²) in [6.07, 6.45) is 0.720. The van der Waals surface area contributed by atoms with Crippen LogP contribution in [0.25, 0.3) is 0 Å². The molecule has 0 aliphatic heterocycles. The van der Waals surface area contributed by atoms with Gasteiger partial charge in [-0.3, -0.25) is 14.4 Å². The summed E-state index contributed by atoms with van der Waals surface area (Å²) in [5, 5.41) is 36.0. The van der Waals surface area contributed by atoms with Crippen molar-refractivity contribution in [3.05, 3.63) is 65.7 Å². The zero-order valence-electron chi connectivity index (χ0n) is 21.5. The molecule has 38 heavy (non-hydrogen) atoms. The molecule has 11 heteroatoms.